The van der Waals surface area contributed by atoms with Gasteiger partial charge in [-0.25, -0.2) is 32.2 Å². The second-order valence-corrected chi connectivity index (χ2v) is 9.44. The second-order valence-electron chi connectivity index (χ2n) is 7.79. The number of nitrogens with zero attached hydrogens (tertiary/aromatic N) is 3. The lowest BCUT2D eigenvalue weighted by molar-refractivity contribution is 0.0723. The fourth-order valence-electron chi connectivity index (χ4n) is 4.05. The van der Waals surface area contributed by atoms with E-state index in [0.29, 0.717) is 18.3 Å². The van der Waals surface area contributed by atoms with Crippen LogP contribution in [-0.2, 0) is 10.0 Å². The molecule has 1 fully saturated rings. The lowest BCUT2D eigenvalue weighted by atomic mass is 9.86. The Balaban J connectivity index is 1.62. The minimum atomic E-state index is -4.42. The minimum Gasteiger partial charge on any atom is -0.484 e. The molecule has 0 saturated heterocycles. The molecule has 0 spiro atoms. The van der Waals surface area contributed by atoms with Crippen LogP contribution in [0.5, 0.6) is 5.75 Å². The smallest absolute Gasteiger partial charge is 0.266 e. The summed E-state index contributed by atoms with van der Waals surface area (Å²) in [6, 6.07) is 6.20. The van der Waals surface area contributed by atoms with E-state index in [1.165, 1.54) is 12.3 Å². The highest BCUT2D eigenvalue weighted by atomic mass is 32.2. The molecule has 4 rings (SSSR count). The van der Waals surface area contributed by atoms with Gasteiger partial charge in [0.25, 0.3) is 10.0 Å². The predicted molar refractivity (Wildman–Crippen MR) is 113 cm³/mol. The zero-order valence-electron chi connectivity index (χ0n) is 17.1. The van der Waals surface area contributed by atoms with Crippen LogP contribution in [0.1, 0.15) is 37.7 Å². The molecule has 32 heavy (non-hydrogen) atoms. The van der Waals surface area contributed by atoms with Crippen LogP contribution in [0.3, 0.4) is 0 Å². The number of aromatic nitrogens is 3. The molecule has 1 aliphatic carbocycles. The topological polar surface area (TPSA) is 120 Å². The quantitative estimate of drug-likeness (QED) is 0.575. The number of nitrogens with one attached hydrogen (secondary N) is 1. The normalized spacial score (nSPS) is 20.8. The van der Waals surface area contributed by atoms with Gasteiger partial charge < -0.3 is 10.5 Å². The maximum atomic E-state index is 14.9. The van der Waals surface area contributed by atoms with Crippen LogP contribution in [0.2, 0.25) is 0 Å². The van der Waals surface area contributed by atoms with E-state index in [-0.39, 0.29) is 17.5 Å². The Bertz CT molecular complexity index is 1240. The molecule has 0 radical (unpaired) electrons. The largest absolute Gasteiger partial charge is 0.484 e. The number of benzene rings is 1. The predicted octanol–water partition coefficient (Wildman–Crippen LogP) is 3.64. The molecule has 3 N–H and O–H groups in total. The Morgan fingerprint density at radius 1 is 1.16 bits per heavy atom. The van der Waals surface area contributed by atoms with Gasteiger partial charge in [-0.05, 0) is 49.9 Å². The van der Waals surface area contributed by atoms with Crippen molar-refractivity contribution in [1.82, 2.24) is 15.0 Å². The maximum absolute atomic E-state index is 14.9. The first kappa shape index (κ1) is 21.9. The van der Waals surface area contributed by atoms with Crippen molar-refractivity contribution in [3.05, 3.63) is 66.3 Å². The number of hydrogen-bond donors (Lipinski definition) is 2. The summed E-state index contributed by atoms with van der Waals surface area (Å²) in [5.41, 5.74) is 5.85. The summed E-state index contributed by atoms with van der Waals surface area (Å²) in [5.74, 6) is -2.32. The zero-order chi connectivity index (χ0) is 22.9. The monoisotopic (exact) mass is 461 g/mol. The number of rotatable bonds is 6. The molecule has 0 aliphatic heterocycles. The third kappa shape index (κ3) is 4.33. The highest BCUT2D eigenvalue weighted by Crippen LogP contribution is 2.46. The number of hydrogen-bond acceptors (Lipinski definition) is 7. The summed E-state index contributed by atoms with van der Waals surface area (Å²) in [6.07, 6.45) is 6.24. The van der Waals surface area contributed by atoms with Crippen molar-refractivity contribution in [3.8, 4) is 5.75 Å². The van der Waals surface area contributed by atoms with E-state index < -0.39 is 32.2 Å². The van der Waals surface area contributed by atoms with Crippen LogP contribution in [-0.4, -0.2) is 29.0 Å². The number of nitrogens with two attached hydrogens (primary N) is 1. The van der Waals surface area contributed by atoms with Gasteiger partial charge in [-0.15, -0.1) is 0 Å². The van der Waals surface area contributed by atoms with Crippen LogP contribution in [0, 0.1) is 11.6 Å². The van der Waals surface area contributed by atoms with Gasteiger partial charge in [-0.3, -0.25) is 4.72 Å². The number of anilines is 2. The average Bonchev–Trinajstić information content (AvgIpc) is 3.12. The third-order valence-electron chi connectivity index (χ3n) is 5.55. The Morgan fingerprint density at radius 2 is 1.97 bits per heavy atom. The van der Waals surface area contributed by atoms with Gasteiger partial charge >= 0.3 is 0 Å². The first-order chi connectivity index (χ1) is 15.2. The van der Waals surface area contributed by atoms with Crippen molar-refractivity contribution in [2.24, 2.45) is 0 Å². The molecule has 1 aliphatic rings. The van der Waals surface area contributed by atoms with Gasteiger partial charge in [0.05, 0.1) is 0 Å². The van der Waals surface area contributed by atoms with Crippen molar-refractivity contribution < 1.29 is 21.9 Å². The molecular formula is C21H21F2N5O3S. The highest BCUT2D eigenvalue weighted by Gasteiger charge is 2.42. The minimum absolute atomic E-state index is 0.0712. The van der Waals surface area contributed by atoms with E-state index in [2.05, 4.69) is 19.7 Å². The molecule has 2 atom stereocenters. The van der Waals surface area contributed by atoms with Crippen molar-refractivity contribution in [2.75, 3.05) is 10.5 Å². The molecule has 168 valence electrons. The van der Waals surface area contributed by atoms with Gasteiger partial charge in [0.2, 0.25) is 0 Å². The Labute approximate surface area is 183 Å². The molecule has 11 heteroatoms. The molecular weight excluding hydrogens is 440 g/mol. The Hall–Kier alpha value is -3.34. The molecule has 3 aromatic rings. The van der Waals surface area contributed by atoms with Gasteiger partial charge in [0, 0.05) is 30.4 Å². The molecule has 0 amide bonds. The number of nitrogen functional groups attached to an aromatic ring is 1. The van der Waals surface area contributed by atoms with Crippen LogP contribution < -0.4 is 15.2 Å². The first-order valence-corrected chi connectivity index (χ1v) is 11.3. The molecule has 8 nitrogen and oxygen atoms in total. The summed E-state index contributed by atoms with van der Waals surface area (Å²) in [6.45, 7) is 1.82. The van der Waals surface area contributed by atoms with Crippen molar-refractivity contribution in [3.63, 3.8) is 0 Å². The van der Waals surface area contributed by atoms with E-state index in [1.807, 2.05) is 13.0 Å². The van der Waals surface area contributed by atoms with Crippen LogP contribution in [0.15, 0.2) is 53.9 Å². The Morgan fingerprint density at radius 3 is 2.69 bits per heavy atom. The standard InChI is InChI=1S/C21H21F2N5O3S/c1-21(6-2-3-14(21)13-4-8-26-19(24)9-13)31-17-10-16(23)18(11-15(17)22)32(29,30)28-20-5-7-25-12-27-20/h4-5,7-12,14H,2-3,6H2,1H3,(H2,24,26)(H,25,27,28)/t14-,21-/m1/s1. The van der Waals surface area contributed by atoms with Crippen molar-refractivity contribution >= 4 is 21.7 Å². The van der Waals surface area contributed by atoms with E-state index >= 15 is 0 Å². The third-order valence-corrected chi connectivity index (χ3v) is 6.92. The second kappa shape index (κ2) is 8.30. The maximum Gasteiger partial charge on any atom is 0.266 e. The summed E-state index contributed by atoms with van der Waals surface area (Å²) in [4.78, 5) is 10.5. The molecule has 2 heterocycles. The van der Waals surface area contributed by atoms with Crippen molar-refractivity contribution in [2.45, 2.75) is 42.6 Å². The van der Waals surface area contributed by atoms with Crippen LogP contribution in [0.4, 0.5) is 20.4 Å². The zero-order valence-corrected chi connectivity index (χ0v) is 17.9. The summed E-state index contributed by atoms with van der Waals surface area (Å²) in [7, 11) is -4.42. The van der Waals surface area contributed by atoms with E-state index in [9.17, 15) is 17.2 Å². The van der Waals surface area contributed by atoms with Crippen LogP contribution >= 0.6 is 0 Å². The van der Waals surface area contributed by atoms with Gasteiger partial charge in [-0.2, -0.15) is 0 Å². The number of ether oxygens (including phenoxy) is 1. The fourth-order valence-corrected chi connectivity index (χ4v) is 5.13. The molecule has 1 aromatic carbocycles. The number of pyridine rings is 1. The fraction of sp³-hybridized carbons (Fsp3) is 0.286. The summed E-state index contributed by atoms with van der Waals surface area (Å²) in [5, 5.41) is 0. The molecule has 0 bridgehead atoms. The molecule has 0 unspecified atom stereocenters. The van der Waals surface area contributed by atoms with Gasteiger partial charge in [0.1, 0.15) is 34.3 Å². The number of halogens is 2. The average molecular weight is 461 g/mol. The van der Waals surface area contributed by atoms with E-state index in [0.717, 1.165) is 30.8 Å². The molecule has 1 saturated carbocycles. The van der Waals surface area contributed by atoms with Crippen molar-refractivity contribution in [1.29, 1.82) is 0 Å². The van der Waals surface area contributed by atoms with E-state index in [4.69, 9.17) is 10.5 Å². The SMILES string of the molecule is C[C@@]1(Oc2cc(F)c(S(=O)(=O)Nc3ccncn3)cc2F)CCC[C@@H]1c1ccnc(N)c1. The lowest BCUT2D eigenvalue weighted by Crippen LogP contribution is -2.35. The summed E-state index contributed by atoms with van der Waals surface area (Å²) < 4.78 is 62.8. The Kier molecular flexibility index (Phi) is 5.68. The summed E-state index contributed by atoms with van der Waals surface area (Å²) >= 11 is 0. The van der Waals surface area contributed by atoms with Gasteiger partial charge in [-0.1, -0.05) is 0 Å². The van der Waals surface area contributed by atoms with E-state index in [1.54, 1.807) is 12.3 Å². The van der Waals surface area contributed by atoms with Crippen LogP contribution in [0.25, 0.3) is 0 Å². The van der Waals surface area contributed by atoms with Gasteiger partial charge in [0.15, 0.2) is 11.6 Å². The lowest BCUT2D eigenvalue weighted by Gasteiger charge is -2.33. The molecule has 2 aromatic heterocycles. The first-order valence-electron chi connectivity index (χ1n) is 9.86. The number of sulfonamides is 1. The highest BCUT2D eigenvalue weighted by molar-refractivity contribution is 7.92.